The summed E-state index contributed by atoms with van der Waals surface area (Å²) in [6.07, 6.45) is 4.61. The highest BCUT2D eigenvalue weighted by Gasteiger charge is 2.62. The van der Waals surface area contributed by atoms with Crippen molar-refractivity contribution < 1.29 is 28.8 Å². The minimum atomic E-state index is -0.736. The minimum Gasteiger partial charge on any atom is -0.433 e. The fourth-order valence-corrected chi connectivity index (χ4v) is 2.50. The second kappa shape index (κ2) is 4.16. The third-order valence-corrected chi connectivity index (χ3v) is 4.11. The first-order valence-corrected chi connectivity index (χ1v) is 7.40. The average molecular weight is 284 g/mol. The molecule has 4 atom stereocenters. The van der Waals surface area contributed by atoms with Crippen molar-refractivity contribution in [3.8, 4) is 0 Å². The summed E-state index contributed by atoms with van der Waals surface area (Å²) in [7, 11) is 0. The molecule has 0 spiro atoms. The molecule has 6 heteroatoms. The number of aliphatic hydroxyl groups excluding tert-OH is 1. The van der Waals surface area contributed by atoms with E-state index in [1.54, 1.807) is 0 Å². The van der Waals surface area contributed by atoms with Gasteiger partial charge in [0.2, 0.25) is 5.79 Å². The first-order chi connectivity index (χ1) is 9.49. The lowest BCUT2D eigenvalue weighted by Crippen LogP contribution is -2.32. The molecule has 0 amide bonds. The molecule has 20 heavy (non-hydrogen) atoms. The lowest BCUT2D eigenvalue weighted by molar-refractivity contribution is -0.275. The van der Waals surface area contributed by atoms with Crippen LogP contribution in [0.5, 0.6) is 0 Å². The van der Waals surface area contributed by atoms with E-state index in [4.69, 9.17) is 18.9 Å². The quantitative estimate of drug-likeness (QED) is 0.552. The Balaban J connectivity index is 1.26. The summed E-state index contributed by atoms with van der Waals surface area (Å²) in [6, 6.07) is 0. The zero-order valence-electron chi connectivity index (χ0n) is 11.5. The van der Waals surface area contributed by atoms with Crippen molar-refractivity contribution in [2.45, 2.75) is 81.4 Å². The standard InChI is InChI=1S/C14H20O6/c1-8(15)18-13(2-3-13)20-14(4-5-14)19-12-7-11(12)17-10-6-9(10)16/h9-12,16H,2-7H2,1H3. The van der Waals surface area contributed by atoms with Crippen LogP contribution in [0.4, 0.5) is 0 Å². The van der Waals surface area contributed by atoms with Gasteiger partial charge in [0.25, 0.3) is 0 Å². The second-order valence-corrected chi connectivity index (χ2v) is 6.43. The summed E-state index contributed by atoms with van der Waals surface area (Å²) in [5.74, 6) is -1.62. The Kier molecular flexibility index (Phi) is 2.71. The molecule has 4 unspecified atom stereocenters. The Hall–Kier alpha value is -0.690. The van der Waals surface area contributed by atoms with Crippen LogP contribution in [0.2, 0.25) is 0 Å². The summed E-state index contributed by atoms with van der Waals surface area (Å²) in [5.41, 5.74) is 0. The highest BCUT2D eigenvalue weighted by molar-refractivity contribution is 5.66. The second-order valence-electron chi connectivity index (χ2n) is 6.43. The van der Waals surface area contributed by atoms with Gasteiger partial charge in [0.15, 0.2) is 5.79 Å². The molecule has 0 aliphatic heterocycles. The predicted molar refractivity (Wildman–Crippen MR) is 65.6 cm³/mol. The number of hydrogen-bond donors (Lipinski definition) is 1. The van der Waals surface area contributed by atoms with Crippen LogP contribution >= 0.6 is 0 Å². The molecule has 0 bridgehead atoms. The largest absolute Gasteiger partial charge is 0.433 e. The molecule has 4 aliphatic carbocycles. The van der Waals surface area contributed by atoms with Gasteiger partial charge in [-0.25, -0.2) is 0 Å². The minimum absolute atomic E-state index is 0.000456. The van der Waals surface area contributed by atoms with Crippen LogP contribution in [0.15, 0.2) is 0 Å². The third kappa shape index (κ3) is 2.70. The van der Waals surface area contributed by atoms with Crippen molar-refractivity contribution in [1.29, 1.82) is 0 Å². The van der Waals surface area contributed by atoms with Gasteiger partial charge in [-0.1, -0.05) is 0 Å². The summed E-state index contributed by atoms with van der Waals surface area (Å²) in [5, 5.41) is 9.24. The van der Waals surface area contributed by atoms with E-state index in [0.29, 0.717) is 0 Å². The van der Waals surface area contributed by atoms with E-state index in [-0.39, 0.29) is 30.4 Å². The van der Waals surface area contributed by atoms with Gasteiger partial charge in [0.1, 0.15) is 0 Å². The smallest absolute Gasteiger partial charge is 0.305 e. The Morgan fingerprint density at radius 3 is 2.20 bits per heavy atom. The first kappa shape index (κ1) is 13.0. The molecule has 112 valence electrons. The number of esters is 1. The van der Waals surface area contributed by atoms with Crippen molar-refractivity contribution in [2.24, 2.45) is 0 Å². The van der Waals surface area contributed by atoms with Crippen LogP contribution in [0, 0.1) is 0 Å². The molecule has 0 radical (unpaired) electrons. The lowest BCUT2D eigenvalue weighted by Gasteiger charge is -2.24. The van der Waals surface area contributed by atoms with Crippen molar-refractivity contribution >= 4 is 5.97 Å². The van der Waals surface area contributed by atoms with Gasteiger partial charge in [-0.05, 0) is 0 Å². The van der Waals surface area contributed by atoms with E-state index < -0.39 is 11.6 Å². The SMILES string of the molecule is CC(=O)OC1(OC2(OC3CC3OC3CC3O)CC2)CC1. The molecule has 0 aromatic carbocycles. The van der Waals surface area contributed by atoms with E-state index >= 15 is 0 Å². The maximum atomic E-state index is 11.1. The highest BCUT2D eigenvalue weighted by atomic mass is 16.8. The fraction of sp³-hybridized carbons (Fsp3) is 0.929. The van der Waals surface area contributed by atoms with Crippen molar-refractivity contribution in [2.75, 3.05) is 0 Å². The molecular formula is C14H20O6. The Morgan fingerprint density at radius 2 is 1.70 bits per heavy atom. The van der Waals surface area contributed by atoms with Gasteiger partial charge < -0.3 is 24.1 Å². The normalized spacial score (nSPS) is 41.9. The molecule has 4 saturated carbocycles. The Morgan fingerprint density at radius 1 is 1.05 bits per heavy atom. The lowest BCUT2D eigenvalue weighted by atomic mass is 10.6. The maximum Gasteiger partial charge on any atom is 0.305 e. The fourth-order valence-electron chi connectivity index (χ4n) is 2.50. The van der Waals surface area contributed by atoms with E-state index in [1.807, 2.05) is 0 Å². The van der Waals surface area contributed by atoms with Crippen LogP contribution in [-0.4, -0.2) is 47.1 Å². The monoisotopic (exact) mass is 284 g/mol. The maximum absolute atomic E-state index is 11.1. The van der Waals surface area contributed by atoms with Crippen LogP contribution in [0.1, 0.15) is 45.4 Å². The summed E-state index contributed by atoms with van der Waals surface area (Å²) in [6.45, 7) is 1.40. The zero-order chi connectivity index (χ0) is 14.0. The van der Waals surface area contributed by atoms with Crippen LogP contribution in [-0.2, 0) is 23.7 Å². The highest BCUT2D eigenvalue weighted by Crippen LogP contribution is 2.54. The van der Waals surface area contributed by atoms with Gasteiger partial charge in [0, 0.05) is 45.4 Å². The van der Waals surface area contributed by atoms with Crippen LogP contribution < -0.4 is 0 Å². The zero-order valence-corrected chi connectivity index (χ0v) is 11.5. The van der Waals surface area contributed by atoms with Crippen molar-refractivity contribution in [3.05, 3.63) is 0 Å². The van der Waals surface area contributed by atoms with E-state index in [0.717, 1.165) is 38.5 Å². The van der Waals surface area contributed by atoms with Crippen molar-refractivity contribution in [1.82, 2.24) is 0 Å². The molecule has 4 rings (SSSR count). The number of carbonyl (C=O) groups excluding carboxylic acids is 1. The molecule has 0 aromatic rings. The van der Waals surface area contributed by atoms with Gasteiger partial charge in [-0.15, -0.1) is 0 Å². The van der Waals surface area contributed by atoms with Crippen molar-refractivity contribution in [3.63, 3.8) is 0 Å². The van der Waals surface area contributed by atoms with Crippen LogP contribution in [0.3, 0.4) is 0 Å². The number of hydrogen-bond acceptors (Lipinski definition) is 6. The molecule has 6 nitrogen and oxygen atoms in total. The number of aliphatic hydroxyl groups is 1. The van der Waals surface area contributed by atoms with Gasteiger partial charge in [-0.2, -0.15) is 0 Å². The predicted octanol–water partition coefficient (Wildman–Crippen LogP) is 0.854. The van der Waals surface area contributed by atoms with E-state index in [1.165, 1.54) is 6.92 Å². The third-order valence-electron chi connectivity index (χ3n) is 4.11. The average Bonchev–Trinajstić information content (AvgIpc) is 3.11. The van der Waals surface area contributed by atoms with Gasteiger partial charge in [0.05, 0.1) is 24.4 Å². The molecular weight excluding hydrogens is 264 g/mol. The van der Waals surface area contributed by atoms with E-state index in [2.05, 4.69) is 0 Å². The summed E-state index contributed by atoms with van der Waals surface area (Å²) in [4.78, 5) is 11.1. The molecule has 0 heterocycles. The molecule has 4 fully saturated rings. The van der Waals surface area contributed by atoms with Gasteiger partial charge >= 0.3 is 5.97 Å². The number of carbonyl (C=O) groups is 1. The van der Waals surface area contributed by atoms with Gasteiger partial charge in [-0.3, -0.25) is 4.79 Å². The molecule has 0 aromatic heterocycles. The number of ether oxygens (including phenoxy) is 4. The Bertz CT molecular complexity index is 427. The topological polar surface area (TPSA) is 74.2 Å². The number of rotatable bonds is 7. The van der Waals surface area contributed by atoms with E-state index in [9.17, 15) is 9.90 Å². The summed E-state index contributed by atoms with van der Waals surface area (Å²) < 4.78 is 22.8. The first-order valence-electron chi connectivity index (χ1n) is 7.40. The molecule has 0 saturated heterocycles. The molecule has 4 aliphatic rings. The Labute approximate surface area is 117 Å². The van der Waals surface area contributed by atoms with Crippen LogP contribution in [0.25, 0.3) is 0 Å². The molecule has 1 N–H and O–H groups in total. The summed E-state index contributed by atoms with van der Waals surface area (Å²) >= 11 is 0.